The minimum absolute atomic E-state index is 0. The molecule has 3 aromatic carbocycles. The van der Waals surface area contributed by atoms with E-state index in [0.717, 1.165) is 30.2 Å². The van der Waals surface area contributed by atoms with E-state index in [1.54, 1.807) is 84.4 Å². The van der Waals surface area contributed by atoms with Crippen LogP contribution in [0.2, 0.25) is 0 Å². The second-order valence-corrected chi connectivity index (χ2v) is 29.3. The minimum Gasteiger partial charge on any atom is -0.511 e. The molecule has 2 heterocycles. The second kappa shape index (κ2) is 49.2. The summed E-state index contributed by atoms with van der Waals surface area (Å²) in [5, 5.41) is 105. The zero-order chi connectivity index (χ0) is 84.3. The maximum Gasteiger partial charge on any atom is 0.317 e. The first-order valence-corrected chi connectivity index (χ1v) is 38.3. The Hall–Kier alpha value is -10.8. The molecule has 1 aliphatic carbocycles. The van der Waals surface area contributed by atoms with Crippen molar-refractivity contribution in [2.45, 2.75) is 152 Å². The van der Waals surface area contributed by atoms with E-state index in [0.29, 0.717) is 29.5 Å². The molecule has 0 spiro atoms. The van der Waals surface area contributed by atoms with Crippen LogP contribution in [0.15, 0.2) is 102 Å². The van der Waals surface area contributed by atoms with Gasteiger partial charge in [0.1, 0.15) is 65.9 Å². The number of benzene rings is 3. The molecule has 9 amide bonds. The number of carbonyl (C=O) groups is 13. The van der Waals surface area contributed by atoms with Crippen LogP contribution >= 0.6 is 0 Å². The van der Waals surface area contributed by atoms with Gasteiger partial charge in [0.05, 0.1) is 45.8 Å². The number of carboxylic acid groups (broad SMARTS) is 4. The number of para-hydroxylation sites is 1. The van der Waals surface area contributed by atoms with E-state index in [9.17, 15) is 103 Å². The van der Waals surface area contributed by atoms with Crippen molar-refractivity contribution in [3.8, 4) is 5.75 Å². The number of aromatic hydroxyl groups is 1. The Morgan fingerprint density at radius 1 is 0.483 bits per heavy atom. The first kappa shape index (κ1) is 95.8. The van der Waals surface area contributed by atoms with Crippen molar-refractivity contribution >= 4 is 93.9 Å². The summed E-state index contributed by atoms with van der Waals surface area (Å²) < 4.78 is 0. The molecule has 1 saturated carbocycles. The molecule has 39 heteroatoms. The summed E-state index contributed by atoms with van der Waals surface area (Å²) in [6.45, 7) is 3.61. The number of fused-ring (bicyclic) bond motifs is 1. The van der Waals surface area contributed by atoms with Crippen LogP contribution in [0.1, 0.15) is 94.7 Å². The molecule has 9 atom stereocenters. The van der Waals surface area contributed by atoms with Crippen molar-refractivity contribution in [3.63, 3.8) is 0 Å². The number of H-pyrrole nitrogens is 1. The van der Waals surface area contributed by atoms with Crippen molar-refractivity contribution < 1.29 is 120 Å². The van der Waals surface area contributed by atoms with Gasteiger partial charge in [0, 0.05) is 112 Å². The van der Waals surface area contributed by atoms with Gasteiger partial charge >= 0.3 is 23.9 Å². The molecular formula is C77H111CuN17O21. The van der Waals surface area contributed by atoms with Gasteiger partial charge in [-0.15, -0.1) is 0 Å². The van der Waals surface area contributed by atoms with Gasteiger partial charge in [-0.3, -0.25) is 86.9 Å². The molecule has 38 nitrogen and oxygen atoms in total. The Kier molecular flexibility index (Phi) is 40.6. The number of aliphatic hydroxyl groups excluding tert-OH is 3. The number of rotatable bonds is 44. The number of nitrogens with two attached hydrogens (primary N) is 2. The molecular weight excluding hydrogens is 1570 g/mol. The second-order valence-electron chi connectivity index (χ2n) is 29.3. The van der Waals surface area contributed by atoms with Crippen LogP contribution < -0.4 is 59.3 Å². The Labute approximate surface area is 681 Å². The molecule has 3 unspecified atom stereocenters. The third-order valence-electron chi connectivity index (χ3n) is 19.6. The van der Waals surface area contributed by atoms with E-state index >= 15 is 0 Å². The number of carboxylic acids is 4. The molecule has 0 bridgehead atoms. The molecule has 116 heavy (non-hydrogen) atoms. The van der Waals surface area contributed by atoms with Gasteiger partial charge < -0.3 is 105 Å². The van der Waals surface area contributed by atoms with E-state index in [1.165, 1.54) is 34.1 Å². The van der Waals surface area contributed by atoms with E-state index < -0.39 is 183 Å². The predicted octanol–water partition coefficient (Wildman–Crippen LogP) is -2.66. The number of nitrogens with one attached hydrogen (secondary N) is 10. The number of aliphatic hydroxyl groups is 3. The van der Waals surface area contributed by atoms with E-state index in [-0.39, 0.29) is 144 Å². The summed E-state index contributed by atoms with van der Waals surface area (Å²) >= 11 is 0. The van der Waals surface area contributed by atoms with Crippen molar-refractivity contribution in [2.24, 2.45) is 28.3 Å². The van der Waals surface area contributed by atoms with Gasteiger partial charge in [0.25, 0.3) is 0 Å². The number of phenols is 1. The quantitative estimate of drug-likeness (QED) is 0.00706. The Morgan fingerprint density at radius 3 is 1.39 bits per heavy atom. The Balaban J connectivity index is 0.0000240. The van der Waals surface area contributed by atoms with Crippen LogP contribution in [0.3, 0.4) is 0 Å². The number of aromatic amines is 1. The molecule has 22 N–H and O–H groups in total. The average Bonchev–Trinajstić information content (AvgIpc) is 1.70. The monoisotopic (exact) mass is 1680 g/mol. The molecule has 2 fully saturated rings. The van der Waals surface area contributed by atoms with Crippen LogP contribution in [0.4, 0.5) is 0 Å². The number of hydrogen-bond donors (Lipinski definition) is 20. The number of aromatic nitrogens is 1. The number of nitrogens with zero attached hydrogens (tertiary/aromatic N) is 5. The Morgan fingerprint density at radius 2 is 0.897 bits per heavy atom. The third kappa shape index (κ3) is 33.9. The first-order valence-electron chi connectivity index (χ1n) is 38.3. The maximum atomic E-state index is 15.0. The van der Waals surface area contributed by atoms with Gasteiger partial charge in [-0.2, -0.15) is 0 Å². The van der Waals surface area contributed by atoms with Gasteiger partial charge in [-0.25, -0.2) is 0 Å². The van der Waals surface area contributed by atoms with Gasteiger partial charge in [0.2, 0.25) is 53.2 Å². The summed E-state index contributed by atoms with van der Waals surface area (Å²) in [7, 11) is 0. The van der Waals surface area contributed by atoms with E-state index in [1.807, 2.05) is 0 Å². The maximum absolute atomic E-state index is 15.0. The van der Waals surface area contributed by atoms with Gasteiger partial charge in [-0.05, 0) is 72.4 Å². The molecule has 4 aromatic rings. The van der Waals surface area contributed by atoms with Crippen LogP contribution in [-0.4, -0.2) is 301 Å². The molecule has 1 aromatic heterocycles. The SMILES string of the molecule is C=C(O)[C@H](CO)NC(=O)[C@H](Cc1c[nH]c2ccccc12)NC(=O)[C@@H](CC(C)C)NC(=O)[C@H](Cc1ccc(O)cc1)NC(=O)C(CCCN=C(N)N)NC(=O)C(CO)NC(=O)C(Cc1ccccc1)NC(=O)[C@H](CC1CCCCC1)NC(=O)[C@@H](CC(=O)O)NC(=O)CN1CCN(CC(=O)O)CCN(CC(=O)O)CCN(CC(=O)O)CC1.[68Cu]. The number of amides is 9. The summed E-state index contributed by atoms with van der Waals surface area (Å²) in [5.74, 6) is -15.3. The largest absolute Gasteiger partial charge is 0.511 e. The fourth-order valence-electron chi connectivity index (χ4n) is 13.5. The number of carbonyl (C=O) groups excluding carboxylic acids is 9. The standard InChI is InChI=1S/C77H111N17O21.Cu/c1-46(2)33-56(70(109)88-60(74(113)89-62(44-95)47(3)97)37-51-39-81-54-18-11-10-17-53(51)54)84-71(110)59(36-50-20-22-52(98)23-21-50)85-69(108)55(19-12-24-80-77(78)79)83-76(115)63(45-96)90-73(112)58(35-49-15-8-5-9-16-49)86-72(111)57(34-48-13-6-4-7-14-48)87-75(114)61(38-65(100)101)82-64(99)40-91-25-27-92(41-66(102)103)29-31-94(43-68(106)107)32-30-93(28-26-91)42-67(104)105;/h5,8-11,15-18,20-23,39,46,48,55-63,81,95-98H,3-4,6-7,12-14,19,24-38,40-45H2,1-2H3,(H,82,99)(H,83,115)(H,84,110)(H,85,108)(H,86,111)(H,87,114)(H,88,109)(H,89,113)(H,90,112)(H,100,101)(H,102,103)(H,104,105)(H,106,107)(H4,78,79,80);/t55?,56-,57+,58?,59+,60+,61-,62+,63?;/m1./s1/i;1+4. The topological polar surface area (TPSA) is 585 Å². The number of aliphatic carboxylic acids is 4. The third-order valence-corrected chi connectivity index (χ3v) is 19.6. The molecule has 641 valence electrons. The predicted molar refractivity (Wildman–Crippen MR) is 419 cm³/mol. The molecule has 2 aliphatic rings. The first-order chi connectivity index (χ1) is 54.7. The van der Waals surface area contributed by atoms with Crippen LogP contribution in [0.5, 0.6) is 5.75 Å². The Bertz CT molecular complexity index is 3940. The average molecular weight is 1680 g/mol. The van der Waals surface area contributed by atoms with Crippen LogP contribution in [0, 0.1) is 11.8 Å². The molecule has 1 aliphatic heterocycles. The number of aliphatic imine (C=N–C) groups is 1. The normalized spacial score (nSPS) is 16.5. The summed E-state index contributed by atoms with van der Waals surface area (Å²) in [6, 6.07) is 6.92. The van der Waals surface area contributed by atoms with Gasteiger partial charge in [-0.1, -0.05) is 113 Å². The molecule has 6 rings (SSSR count). The fraction of sp³-hybridized carbons (Fsp3) is 0.532. The summed E-state index contributed by atoms with van der Waals surface area (Å²) in [4.78, 5) is 193. The van der Waals surface area contributed by atoms with Crippen LogP contribution in [-0.2, 0) is 98.7 Å². The van der Waals surface area contributed by atoms with Crippen molar-refractivity contribution in [1.82, 2.24) is 72.4 Å². The number of guanidine groups is 1. The summed E-state index contributed by atoms with van der Waals surface area (Å²) in [5.41, 5.74) is 13.4. The molecule has 1 saturated heterocycles. The number of phenolic OH excluding ortho intramolecular Hbond substituents is 1. The molecule has 1 radical (unpaired) electrons. The van der Waals surface area contributed by atoms with Crippen LogP contribution in [0.25, 0.3) is 10.9 Å². The van der Waals surface area contributed by atoms with Gasteiger partial charge in [0.15, 0.2) is 5.96 Å². The fourth-order valence-corrected chi connectivity index (χ4v) is 13.5. The smallest absolute Gasteiger partial charge is 0.317 e. The zero-order valence-corrected chi connectivity index (χ0v) is 66.0. The van der Waals surface area contributed by atoms with E-state index in [2.05, 4.69) is 64.4 Å². The van der Waals surface area contributed by atoms with Crippen molar-refractivity contribution in [1.29, 1.82) is 0 Å². The van der Waals surface area contributed by atoms with E-state index in [4.69, 9.17) is 11.5 Å². The number of hydrogen-bond acceptors (Lipinski definition) is 22. The zero-order valence-electron chi connectivity index (χ0n) is 65.0. The van der Waals surface area contributed by atoms with Crippen molar-refractivity contribution in [3.05, 3.63) is 114 Å². The minimum atomic E-state index is -1.88. The van der Waals surface area contributed by atoms with Crippen molar-refractivity contribution in [2.75, 3.05) is 98.3 Å². The summed E-state index contributed by atoms with van der Waals surface area (Å²) in [6.07, 6.45) is 3.31.